The topological polar surface area (TPSA) is 71.3 Å². The second-order valence-electron chi connectivity index (χ2n) is 5.35. The Bertz CT molecular complexity index is 659. The number of thioether (sulfide) groups is 1. The van der Waals surface area contributed by atoms with Crippen molar-refractivity contribution in [1.82, 2.24) is 10.6 Å². The van der Waals surface area contributed by atoms with Crippen LogP contribution in [0.5, 0.6) is 0 Å². The first-order valence-electron chi connectivity index (χ1n) is 8.06. The number of hydrogen-bond donors (Lipinski definition) is 2. The number of halogens is 1. The Balaban J connectivity index is 1.49. The maximum atomic E-state index is 11.9. The van der Waals surface area contributed by atoms with Crippen LogP contribution < -0.4 is 10.6 Å². The van der Waals surface area contributed by atoms with Gasteiger partial charge in [-0.15, -0.1) is 0 Å². The molecule has 5 nitrogen and oxygen atoms in total. The summed E-state index contributed by atoms with van der Waals surface area (Å²) >= 11 is 7.49. The predicted molar refractivity (Wildman–Crippen MR) is 101 cm³/mol. The van der Waals surface area contributed by atoms with Gasteiger partial charge < -0.3 is 15.1 Å². The number of carbonyl (C=O) groups is 2. The Morgan fingerprint density at radius 2 is 1.88 bits per heavy atom. The normalized spacial score (nSPS) is 10.4. The van der Waals surface area contributed by atoms with Crippen molar-refractivity contribution in [3.05, 3.63) is 59.0 Å². The quantitative estimate of drug-likeness (QED) is 0.619. The van der Waals surface area contributed by atoms with Gasteiger partial charge in [0.15, 0.2) is 0 Å². The van der Waals surface area contributed by atoms with Gasteiger partial charge in [0.25, 0.3) is 5.91 Å². The maximum Gasteiger partial charge on any atom is 0.251 e. The van der Waals surface area contributed by atoms with E-state index in [-0.39, 0.29) is 11.8 Å². The molecule has 7 heteroatoms. The number of rotatable bonds is 10. The molecular formula is C18H21ClN2O3S. The Kier molecular flexibility index (Phi) is 8.42. The van der Waals surface area contributed by atoms with Crippen LogP contribution in [-0.2, 0) is 10.5 Å². The molecule has 0 fully saturated rings. The lowest BCUT2D eigenvalue weighted by Crippen LogP contribution is -2.28. The molecule has 0 saturated heterocycles. The summed E-state index contributed by atoms with van der Waals surface area (Å²) in [5.41, 5.74) is 0.558. The molecular weight excluding hydrogens is 360 g/mol. The zero-order valence-corrected chi connectivity index (χ0v) is 15.4. The van der Waals surface area contributed by atoms with E-state index in [1.165, 1.54) is 0 Å². The summed E-state index contributed by atoms with van der Waals surface area (Å²) in [6.45, 7) is 1.09. The third-order valence-electron chi connectivity index (χ3n) is 3.37. The molecule has 0 bridgehead atoms. The van der Waals surface area contributed by atoms with Crippen LogP contribution >= 0.6 is 23.4 Å². The Morgan fingerprint density at radius 3 is 2.60 bits per heavy atom. The van der Waals surface area contributed by atoms with Crippen molar-refractivity contribution < 1.29 is 14.0 Å². The van der Waals surface area contributed by atoms with E-state index in [0.717, 1.165) is 17.3 Å². The summed E-state index contributed by atoms with van der Waals surface area (Å²) in [6, 6.07) is 10.5. The molecule has 0 radical (unpaired) electrons. The zero-order chi connectivity index (χ0) is 17.9. The lowest BCUT2D eigenvalue weighted by molar-refractivity contribution is -0.121. The van der Waals surface area contributed by atoms with Gasteiger partial charge in [-0.3, -0.25) is 9.59 Å². The maximum absolute atomic E-state index is 11.9. The number of amides is 2. The highest BCUT2D eigenvalue weighted by Crippen LogP contribution is 2.11. The summed E-state index contributed by atoms with van der Waals surface area (Å²) in [7, 11) is 0. The largest absolute Gasteiger partial charge is 0.468 e. The molecule has 0 saturated carbocycles. The molecule has 2 rings (SSSR count). The zero-order valence-electron chi connectivity index (χ0n) is 13.8. The summed E-state index contributed by atoms with van der Waals surface area (Å²) in [5.74, 6) is 2.41. The monoisotopic (exact) mass is 380 g/mol. The molecule has 1 aromatic heterocycles. The van der Waals surface area contributed by atoms with E-state index in [2.05, 4.69) is 10.6 Å². The highest BCUT2D eigenvalue weighted by atomic mass is 35.5. The van der Waals surface area contributed by atoms with Crippen LogP contribution in [0.4, 0.5) is 0 Å². The van der Waals surface area contributed by atoms with Crippen molar-refractivity contribution in [1.29, 1.82) is 0 Å². The fraction of sp³-hybridized carbons (Fsp3) is 0.333. The lowest BCUT2D eigenvalue weighted by atomic mass is 10.2. The second-order valence-corrected chi connectivity index (χ2v) is 6.89. The van der Waals surface area contributed by atoms with E-state index in [1.807, 2.05) is 12.1 Å². The molecule has 2 aromatic rings. The highest BCUT2D eigenvalue weighted by Gasteiger charge is 2.05. The molecule has 0 aliphatic rings. The predicted octanol–water partition coefficient (Wildman–Crippen LogP) is 3.49. The van der Waals surface area contributed by atoms with Crippen LogP contribution in [0.2, 0.25) is 5.02 Å². The molecule has 0 atom stereocenters. The van der Waals surface area contributed by atoms with E-state index in [4.69, 9.17) is 16.0 Å². The smallest absolute Gasteiger partial charge is 0.251 e. The van der Waals surface area contributed by atoms with Crippen molar-refractivity contribution in [3.8, 4) is 0 Å². The third kappa shape index (κ3) is 7.67. The number of hydrogen-bond acceptors (Lipinski definition) is 4. The molecule has 0 aliphatic carbocycles. The van der Waals surface area contributed by atoms with Crippen LogP contribution in [0.15, 0.2) is 47.1 Å². The van der Waals surface area contributed by atoms with Crippen LogP contribution in [0.3, 0.4) is 0 Å². The molecule has 1 heterocycles. The molecule has 25 heavy (non-hydrogen) atoms. The van der Waals surface area contributed by atoms with Gasteiger partial charge >= 0.3 is 0 Å². The minimum absolute atomic E-state index is 0.000611. The van der Waals surface area contributed by atoms with Gasteiger partial charge in [0.1, 0.15) is 5.76 Å². The van der Waals surface area contributed by atoms with Gasteiger partial charge in [-0.25, -0.2) is 0 Å². The molecule has 1 aromatic carbocycles. The van der Waals surface area contributed by atoms with E-state index in [0.29, 0.717) is 36.5 Å². The van der Waals surface area contributed by atoms with Gasteiger partial charge in [0.2, 0.25) is 5.91 Å². The molecule has 134 valence electrons. The average Bonchev–Trinajstić information content (AvgIpc) is 3.12. The third-order valence-corrected chi connectivity index (χ3v) is 4.60. The van der Waals surface area contributed by atoms with Gasteiger partial charge in [0.05, 0.1) is 12.0 Å². The van der Waals surface area contributed by atoms with Gasteiger partial charge in [-0.2, -0.15) is 11.8 Å². The Hall–Kier alpha value is -1.92. The molecule has 0 unspecified atom stereocenters. The number of benzene rings is 1. The van der Waals surface area contributed by atoms with Crippen LogP contribution in [-0.4, -0.2) is 30.7 Å². The Labute approximate surface area is 156 Å². The van der Waals surface area contributed by atoms with Gasteiger partial charge in [-0.1, -0.05) is 11.6 Å². The fourth-order valence-electron chi connectivity index (χ4n) is 2.07. The first kappa shape index (κ1) is 19.4. The molecule has 0 aliphatic heterocycles. The fourth-order valence-corrected chi connectivity index (χ4v) is 2.95. The van der Waals surface area contributed by atoms with Crippen molar-refractivity contribution in [2.45, 2.75) is 18.6 Å². The van der Waals surface area contributed by atoms with E-state index >= 15 is 0 Å². The minimum Gasteiger partial charge on any atom is -0.468 e. The van der Waals surface area contributed by atoms with Crippen LogP contribution in [0.25, 0.3) is 0 Å². The average molecular weight is 381 g/mol. The second kappa shape index (κ2) is 10.8. The van der Waals surface area contributed by atoms with Crippen molar-refractivity contribution >= 4 is 35.2 Å². The molecule has 2 N–H and O–H groups in total. The summed E-state index contributed by atoms with van der Waals surface area (Å²) < 4.78 is 5.23. The summed E-state index contributed by atoms with van der Waals surface area (Å²) in [5, 5.41) is 6.25. The lowest BCUT2D eigenvalue weighted by Gasteiger charge is -2.06. The van der Waals surface area contributed by atoms with Crippen molar-refractivity contribution in [2.75, 3.05) is 18.8 Å². The minimum atomic E-state index is -0.161. The number of nitrogens with one attached hydrogen (secondary N) is 2. The van der Waals surface area contributed by atoms with E-state index in [1.54, 1.807) is 42.3 Å². The summed E-state index contributed by atoms with van der Waals surface area (Å²) in [4.78, 5) is 23.6. The number of carbonyl (C=O) groups excluding carboxylic acids is 2. The summed E-state index contributed by atoms with van der Waals surface area (Å²) in [6.07, 6.45) is 2.65. The van der Waals surface area contributed by atoms with E-state index < -0.39 is 0 Å². The highest BCUT2D eigenvalue weighted by molar-refractivity contribution is 7.98. The molecule has 0 spiro atoms. The first-order valence-corrected chi connectivity index (χ1v) is 9.59. The van der Waals surface area contributed by atoms with Crippen molar-refractivity contribution in [2.24, 2.45) is 0 Å². The van der Waals surface area contributed by atoms with Gasteiger partial charge in [-0.05, 0) is 42.8 Å². The van der Waals surface area contributed by atoms with E-state index in [9.17, 15) is 9.59 Å². The van der Waals surface area contributed by atoms with Gasteiger partial charge in [0, 0.05) is 35.8 Å². The SMILES string of the molecule is O=C(CCCNC(=O)c1ccc(Cl)cc1)NCCSCc1ccco1. The standard InChI is InChI=1S/C18H21ClN2O3S/c19-15-7-5-14(6-8-15)18(23)21-9-1-4-17(22)20-10-12-25-13-16-3-2-11-24-16/h2-3,5-8,11H,1,4,9-10,12-13H2,(H,20,22)(H,21,23). The first-order chi connectivity index (χ1) is 12.1. The van der Waals surface area contributed by atoms with Crippen molar-refractivity contribution in [3.63, 3.8) is 0 Å². The number of furan rings is 1. The van der Waals surface area contributed by atoms with Crippen LogP contribution in [0, 0.1) is 0 Å². The Morgan fingerprint density at radius 1 is 1.08 bits per heavy atom. The van der Waals surface area contributed by atoms with Crippen LogP contribution in [0.1, 0.15) is 29.0 Å². The molecule has 2 amide bonds.